The number of benzene rings is 2. The molecule has 142 valence electrons. The Kier molecular flexibility index (Phi) is 6.95. The van der Waals surface area contributed by atoms with Gasteiger partial charge in [-0.3, -0.25) is 19.7 Å². The molecule has 0 unspecified atom stereocenters. The molecule has 0 aliphatic carbocycles. The Labute approximate surface area is 160 Å². The number of nitrogens with zero attached hydrogens (tertiary/aromatic N) is 1. The topological polar surface area (TPSA) is 95.7 Å². The summed E-state index contributed by atoms with van der Waals surface area (Å²) < 4.78 is 10.6. The fourth-order valence-corrected chi connectivity index (χ4v) is 3.14. The van der Waals surface area contributed by atoms with Gasteiger partial charge < -0.3 is 9.47 Å². The van der Waals surface area contributed by atoms with Crippen LogP contribution in [0.5, 0.6) is 5.75 Å². The Hall–Kier alpha value is -2.87. The lowest BCUT2D eigenvalue weighted by molar-refractivity contribution is -0.384. The summed E-state index contributed by atoms with van der Waals surface area (Å²) in [6.07, 6.45) is 0. The molecule has 0 amide bonds. The minimum absolute atomic E-state index is 0.00738. The van der Waals surface area contributed by atoms with Gasteiger partial charge in [0, 0.05) is 28.2 Å². The highest BCUT2D eigenvalue weighted by molar-refractivity contribution is 8.00. The third-order valence-electron chi connectivity index (χ3n) is 3.75. The largest absolute Gasteiger partial charge is 0.496 e. The van der Waals surface area contributed by atoms with Crippen molar-refractivity contribution in [2.24, 2.45) is 0 Å². The number of methoxy groups -OCH3 is 1. The van der Waals surface area contributed by atoms with E-state index in [9.17, 15) is 19.7 Å². The number of rotatable bonds is 8. The first-order chi connectivity index (χ1) is 12.8. The SMILES string of the molecule is COc1ccc(C(C)=O)cc1COC(=O)[C@@H](C)Sc1ccc([N+](=O)[O-])cc1. The first-order valence-corrected chi connectivity index (χ1v) is 8.95. The minimum atomic E-state index is -0.506. The van der Waals surface area contributed by atoms with Gasteiger partial charge in [0.15, 0.2) is 5.78 Å². The summed E-state index contributed by atoms with van der Waals surface area (Å²) in [5.41, 5.74) is 1.10. The second-order valence-electron chi connectivity index (χ2n) is 5.70. The van der Waals surface area contributed by atoms with Crippen LogP contribution >= 0.6 is 11.8 Å². The van der Waals surface area contributed by atoms with Crippen LogP contribution in [0.25, 0.3) is 0 Å². The molecule has 1 atom stereocenters. The van der Waals surface area contributed by atoms with Gasteiger partial charge in [0.1, 0.15) is 17.6 Å². The van der Waals surface area contributed by atoms with Gasteiger partial charge in [0.2, 0.25) is 0 Å². The number of carbonyl (C=O) groups is 2. The summed E-state index contributed by atoms with van der Waals surface area (Å²) in [4.78, 5) is 34.7. The molecule has 0 N–H and O–H groups in total. The first-order valence-electron chi connectivity index (χ1n) is 8.07. The molecule has 0 radical (unpaired) electrons. The average Bonchev–Trinajstić information content (AvgIpc) is 2.66. The monoisotopic (exact) mass is 389 g/mol. The van der Waals surface area contributed by atoms with E-state index in [0.29, 0.717) is 16.9 Å². The van der Waals surface area contributed by atoms with Gasteiger partial charge in [-0.1, -0.05) is 0 Å². The third-order valence-corrected chi connectivity index (χ3v) is 4.84. The molecule has 0 heterocycles. The van der Waals surface area contributed by atoms with E-state index >= 15 is 0 Å². The van der Waals surface area contributed by atoms with Gasteiger partial charge in [0.05, 0.1) is 12.0 Å². The van der Waals surface area contributed by atoms with Gasteiger partial charge >= 0.3 is 5.97 Å². The fraction of sp³-hybridized carbons (Fsp3) is 0.263. The van der Waals surface area contributed by atoms with E-state index < -0.39 is 16.1 Å². The lowest BCUT2D eigenvalue weighted by Gasteiger charge is -2.13. The van der Waals surface area contributed by atoms with E-state index in [-0.39, 0.29) is 18.1 Å². The number of hydrogen-bond acceptors (Lipinski definition) is 7. The number of non-ortho nitro benzene ring substituents is 1. The molecule has 27 heavy (non-hydrogen) atoms. The smallest absolute Gasteiger partial charge is 0.319 e. The normalized spacial score (nSPS) is 11.5. The number of ketones is 1. The highest BCUT2D eigenvalue weighted by Crippen LogP contribution is 2.27. The van der Waals surface area contributed by atoms with Crippen molar-refractivity contribution >= 4 is 29.2 Å². The molecular formula is C19H19NO6S. The van der Waals surface area contributed by atoms with Gasteiger partial charge in [-0.05, 0) is 44.2 Å². The van der Waals surface area contributed by atoms with Crippen molar-refractivity contribution in [1.82, 2.24) is 0 Å². The zero-order chi connectivity index (χ0) is 20.0. The molecule has 0 fully saturated rings. The summed E-state index contributed by atoms with van der Waals surface area (Å²) >= 11 is 1.24. The van der Waals surface area contributed by atoms with Crippen molar-refractivity contribution in [2.45, 2.75) is 30.6 Å². The van der Waals surface area contributed by atoms with Crippen molar-refractivity contribution in [2.75, 3.05) is 7.11 Å². The fourth-order valence-electron chi connectivity index (χ4n) is 2.28. The molecule has 0 saturated carbocycles. The van der Waals surface area contributed by atoms with E-state index in [0.717, 1.165) is 4.90 Å². The van der Waals surface area contributed by atoms with Crippen molar-refractivity contribution in [3.8, 4) is 5.75 Å². The summed E-state index contributed by atoms with van der Waals surface area (Å²) in [5.74, 6) is 0.00410. The number of ether oxygens (including phenoxy) is 2. The van der Waals surface area contributed by atoms with Crippen LogP contribution in [0.2, 0.25) is 0 Å². The van der Waals surface area contributed by atoms with Gasteiger partial charge in [0.25, 0.3) is 5.69 Å². The van der Waals surface area contributed by atoms with Crippen molar-refractivity contribution in [3.63, 3.8) is 0 Å². The molecule has 8 heteroatoms. The highest BCUT2D eigenvalue weighted by atomic mass is 32.2. The van der Waals surface area contributed by atoms with E-state index in [1.807, 2.05) is 0 Å². The maximum Gasteiger partial charge on any atom is 0.319 e. The predicted octanol–water partition coefficient (Wildman–Crippen LogP) is 4.03. The second-order valence-corrected chi connectivity index (χ2v) is 7.12. The van der Waals surface area contributed by atoms with Crippen molar-refractivity contribution in [3.05, 3.63) is 63.7 Å². The maximum absolute atomic E-state index is 12.3. The number of carbonyl (C=O) groups excluding carboxylic acids is 2. The molecule has 0 aliphatic heterocycles. The van der Waals surface area contributed by atoms with E-state index in [1.54, 1.807) is 37.3 Å². The molecule has 2 rings (SSSR count). The minimum Gasteiger partial charge on any atom is -0.496 e. The van der Waals surface area contributed by atoms with Crippen LogP contribution in [-0.2, 0) is 16.1 Å². The van der Waals surface area contributed by atoms with Crippen LogP contribution in [0.4, 0.5) is 5.69 Å². The van der Waals surface area contributed by atoms with Crippen LogP contribution < -0.4 is 4.74 Å². The lowest BCUT2D eigenvalue weighted by atomic mass is 10.1. The standard InChI is InChI=1S/C19H19NO6S/c1-12(21)14-4-9-18(25-3)15(10-14)11-26-19(22)13(2)27-17-7-5-16(6-8-17)20(23)24/h4-10,13H,11H2,1-3H3/t13-/m1/s1. The molecule has 0 saturated heterocycles. The lowest BCUT2D eigenvalue weighted by Crippen LogP contribution is -2.17. The Bertz CT molecular complexity index is 850. The number of thioether (sulfide) groups is 1. The van der Waals surface area contributed by atoms with Crippen LogP contribution in [0.1, 0.15) is 29.8 Å². The first kappa shape index (κ1) is 20.4. The second kappa shape index (κ2) is 9.18. The van der Waals surface area contributed by atoms with Crippen molar-refractivity contribution in [1.29, 1.82) is 0 Å². The van der Waals surface area contributed by atoms with Crippen molar-refractivity contribution < 1.29 is 24.0 Å². The zero-order valence-corrected chi connectivity index (χ0v) is 15.9. The number of nitro benzene ring substituents is 1. The summed E-state index contributed by atoms with van der Waals surface area (Å²) in [6.45, 7) is 3.13. The predicted molar refractivity (Wildman–Crippen MR) is 101 cm³/mol. The van der Waals surface area contributed by atoms with Crippen LogP contribution in [0.3, 0.4) is 0 Å². The Morgan fingerprint density at radius 3 is 2.41 bits per heavy atom. The Morgan fingerprint density at radius 1 is 1.19 bits per heavy atom. The number of nitro groups is 1. The molecule has 2 aromatic carbocycles. The van der Waals surface area contributed by atoms with E-state index in [2.05, 4.69) is 0 Å². The summed E-state index contributed by atoms with van der Waals surface area (Å²) in [6, 6.07) is 10.9. The van der Waals surface area contributed by atoms with Crippen LogP contribution in [-0.4, -0.2) is 29.0 Å². The van der Waals surface area contributed by atoms with Gasteiger partial charge in [-0.25, -0.2) is 0 Å². The van der Waals surface area contributed by atoms with E-state index in [1.165, 1.54) is 37.9 Å². The molecule has 0 aliphatic rings. The number of esters is 1. The Morgan fingerprint density at radius 2 is 1.85 bits per heavy atom. The molecule has 0 bridgehead atoms. The number of hydrogen-bond donors (Lipinski definition) is 0. The number of Topliss-reactive ketones (excluding diaryl/α,β-unsaturated/α-hetero) is 1. The zero-order valence-electron chi connectivity index (χ0n) is 15.1. The maximum atomic E-state index is 12.3. The molecule has 7 nitrogen and oxygen atoms in total. The quantitative estimate of drug-likeness (QED) is 0.221. The average molecular weight is 389 g/mol. The summed E-state index contributed by atoms with van der Waals surface area (Å²) in [7, 11) is 1.50. The van der Waals surface area contributed by atoms with E-state index in [4.69, 9.17) is 9.47 Å². The molecule has 0 spiro atoms. The molecule has 2 aromatic rings. The van der Waals surface area contributed by atoms with Gasteiger partial charge in [-0.15, -0.1) is 11.8 Å². The summed E-state index contributed by atoms with van der Waals surface area (Å²) in [5, 5.41) is 10.2. The molecule has 0 aromatic heterocycles. The Balaban J connectivity index is 1.99. The van der Waals surface area contributed by atoms with Crippen LogP contribution in [0.15, 0.2) is 47.4 Å². The van der Waals surface area contributed by atoms with Crippen LogP contribution in [0, 0.1) is 10.1 Å². The van der Waals surface area contributed by atoms with Gasteiger partial charge in [-0.2, -0.15) is 0 Å². The highest BCUT2D eigenvalue weighted by Gasteiger charge is 2.18. The third kappa shape index (κ3) is 5.55. The molecular weight excluding hydrogens is 370 g/mol.